The first kappa shape index (κ1) is 27.1. The molecular weight excluding hydrogens is 496 g/mol. The lowest BCUT2D eigenvalue weighted by Gasteiger charge is -2.12. The van der Waals surface area contributed by atoms with Gasteiger partial charge in [-0.25, -0.2) is 4.99 Å². The van der Waals surface area contributed by atoms with Crippen molar-refractivity contribution < 1.29 is 9.59 Å². The molecule has 6 heteroatoms. The minimum atomic E-state index is -0.171. The number of H-pyrrole nitrogens is 2. The van der Waals surface area contributed by atoms with Crippen molar-refractivity contribution in [1.82, 2.24) is 15.3 Å². The molecule has 204 valence electrons. The number of nitrogens with zero attached hydrogens (tertiary/aromatic N) is 1. The summed E-state index contributed by atoms with van der Waals surface area (Å²) < 4.78 is 0. The lowest BCUT2D eigenvalue weighted by Crippen LogP contribution is -2.18. The zero-order valence-electron chi connectivity index (χ0n) is 24.7. The van der Waals surface area contributed by atoms with E-state index >= 15 is 0 Å². The van der Waals surface area contributed by atoms with E-state index in [1.165, 1.54) is 5.56 Å². The Balaban J connectivity index is 1.80. The van der Waals surface area contributed by atoms with Crippen molar-refractivity contribution in [2.24, 2.45) is 4.99 Å². The Morgan fingerprint density at radius 3 is 2.02 bits per heavy atom. The van der Waals surface area contributed by atoms with E-state index in [4.69, 9.17) is 0 Å². The largest absolute Gasteiger partial charge is 0.354 e. The molecular formula is C34H36N4O2. The third kappa shape index (κ3) is 4.34. The fourth-order valence-electron chi connectivity index (χ4n) is 5.34. The van der Waals surface area contributed by atoms with Gasteiger partial charge in [-0.05, 0) is 119 Å². The van der Waals surface area contributed by atoms with E-state index in [1.807, 2.05) is 39.8 Å². The summed E-state index contributed by atoms with van der Waals surface area (Å²) in [6.07, 6.45) is 4.01. The summed E-state index contributed by atoms with van der Waals surface area (Å²) in [6, 6.07) is 8.40. The highest BCUT2D eigenvalue weighted by atomic mass is 16.2. The summed E-state index contributed by atoms with van der Waals surface area (Å²) in [5, 5.41) is 4.95. The van der Waals surface area contributed by atoms with Gasteiger partial charge in [0.25, 0.3) is 11.8 Å². The van der Waals surface area contributed by atoms with Gasteiger partial charge in [0.05, 0.1) is 16.8 Å². The second-order valence-electron chi connectivity index (χ2n) is 11.0. The molecule has 2 aromatic heterocycles. The van der Waals surface area contributed by atoms with Gasteiger partial charge in [-0.3, -0.25) is 9.59 Å². The summed E-state index contributed by atoms with van der Waals surface area (Å²) in [5.74, 6) is -0.220. The van der Waals surface area contributed by atoms with Crippen LogP contribution in [0.4, 0.5) is 0 Å². The quantitative estimate of drug-likeness (QED) is 0.440. The topological polar surface area (TPSA) is 90.1 Å². The Hall–Kier alpha value is -4.45. The van der Waals surface area contributed by atoms with Crippen molar-refractivity contribution in [3.05, 3.63) is 108 Å². The summed E-state index contributed by atoms with van der Waals surface area (Å²) in [4.78, 5) is 36.1. The van der Waals surface area contributed by atoms with E-state index in [2.05, 4.69) is 79.2 Å². The molecule has 2 amide bonds. The SMILES string of the molecule is CC1=C(C)C(/C=c2\[nH]/c(=C(\c3ccccc3C)c3[nH]c(/C=C4\NC(=O)C(C)=C4C)c(C)c3C)c(C)c2C)=NC1=O. The number of amides is 2. The predicted molar refractivity (Wildman–Crippen MR) is 162 cm³/mol. The molecule has 4 heterocycles. The Bertz CT molecular complexity index is 1880. The van der Waals surface area contributed by atoms with Crippen molar-refractivity contribution >= 4 is 35.3 Å². The van der Waals surface area contributed by atoms with Crippen LogP contribution in [0, 0.1) is 34.6 Å². The third-order valence-electron chi connectivity index (χ3n) is 8.73. The van der Waals surface area contributed by atoms with Gasteiger partial charge in [-0.2, -0.15) is 0 Å². The Morgan fingerprint density at radius 2 is 1.43 bits per heavy atom. The van der Waals surface area contributed by atoms with Gasteiger partial charge in [0, 0.05) is 33.5 Å². The lowest BCUT2D eigenvalue weighted by atomic mass is 9.94. The number of aryl methyl sites for hydroxylation is 1. The Labute approximate surface area is 235 Å². The summed E-state index contributed by atoms with van der Waals surface area (Å²) in [6.45, 7) is 18.2. The average Bonchev–Trinajstić information content (AvgIpc) is 3.54. The fourth-order valence-corrected chi connectivity index (χ4v) is 5.34. The molecule has 0 spiro atoms. The van der Waals surface area contributed by atoms with Gasteiger partial charge in [-0.15, -0.1) is 0 Å². The van der Waals surface area contributed by atoms with Crippen LogP contribution in [0.5, 0.6) is 0 Å². The number of aliphatic imine (C=N–C) groups is 1. The number of carbonyl (C=O) groups excluding carboxylic acids is 2. The molecule has 2 aliphatic heterocycles. The van der Waals surface area contributed by atoms with Crippen LogP contribution in [-0.2, 0) is 9.59 Å². The number of hydrogen-bond acceptors (Lipinski definition) is 2. The molecule has 5 rings (SSSR count). The van der Waals surface area contributed by atoms with Gasteiger partial charge in [0.2, 0.25) is 0 Å². The molecule has 3 aromatic rings. The van der Waals surface area contributed by atoms with Crippen LogP contribution in [0.15, 0.2) is 57.2 Å². The Kier molecular flexibility index (Phi) is 6.74. The highest BCUT2D eigenvalue weighted by molar-refractivity contribution is 6.30. The Morgan fingerprint density at radius 1 is 0.725 bits per heavy atom. The first-order chi connectivity index (χ1) is 18.9. The monoisotopic (exact) mass is 532 g/mol. The van der Waals surface area contributed by atoms with Crippen molar-refractivity contribution in [2.45, 2.75) is 62.3 Å². The van der Waals surface area contributed by atoms with E-state index in [0.29, 0.717) is 11.3 Å². The van der Waals surface area contributed by atoms with E-state index in [9.17, 15) is 9.59 Å². The molecule has 1 aromatic carbocycles. The number of aromatic nitrogens is 2. The van der Waals surface area contributed by atoms with Crippen LogP contribution < -0.4 is 16.0 Å². The van der Waals surface area contributed by atoms with Crippen LogP contribution in [-0.4, -0.2) is 27.5 Å². The maximum absolute atomic E-state index is 12.2. The molecule has 6 nitrogen and oxygen atoms in total. The molecule has 0 atom stereocenters. The number of benzene rings is 1. The number of aromatic amines is 2. The zero-order chi connectivity index (χ0) is 29.0. The maximum atomic E-state index is 12.2. The molecule has 0 saturated heterocycles. The number of rotatable bonds is 4. The highest BCUT2D eigenvalue weighted by Gasteiger charge is 2.23. The second-order valence-corrected chi connectivity index (χ2v) is 11.0. The van der Waals surface area contributed by atoms with Crippen LogP contribution in [0.1, 0.15) is 72.5 Å². The van der Waals surface area contributed by atoms with E-state index in [-0.39, 0.29) is 11.8 Å². The first-order valence-corrected chi connectivity index (χ1v) is 13.6. The summed E-state index contributed by atoms with van der Waals surface area (Å²) in [7, 11) is 0. The summed E-state index contributed by atoms with van der Waals surface area (Å²) >= 11 is 0. The molecule has 0 unspecified atom stereocenters. The molecule has 0 fully saturated rings. The van der Waals surface area contributed by atoms with Gasteiger partial charge < -0.3 is 15.3 Å². The van der Waals surface area contributed by atoms with E-state index in [0.717, 1.165) is 77.9 Å². The smallest absolute Gasteiger partial charge is 0.273 e. The van der Waals surface area contributed by atoms with Crippen LogP contribution in [0.2, 0.25) is 0 Å². The van der Waals surface area contributed by atoms with Crippen molar-refractivity contribution in [3.63, 3.8) is 0 Å². The molecule has 0 bridgehead atoms. The van der Waals surface area contributed by atoms with E-state index in [1.54, 1.807) is 0 Å². The maximum Gasteiger partial charge on any atom is 0.273 e. The molecule has 2 aliphatic rings. The van der Waals surface area contributed by atoms with Crippen molar-refractivity contribution in [1.29, 1.82) is 0 Å². The summed E-state index contributed by atoms with van der Waals surface area (Å²) in [5.41, 5.74) is 14.7. The van der Waals surface area contributed by atoms with E-state index < -0.39 is 0 Å². The van der Waals surface area contributed by atoms with Crippen LogP contribution in [0.3, 0.4) is 0 Å². The van der Waals surface area contributed by atoms with Gasteiger partial charge >= 0.3 is 0 Å². The van der Waals surface area contributed by atoms with Gasteiger partial charge in [-0.1, -0.05) is 24.3 Å². The number of carbonyl (C=O) groups is 2. The molecule has 3 N–H and O–H groups in total. The molecule has 40 heavy (non-hydrogen) atoms. The fraction of sp³-hybridized carbons (Fsp3) is 0.265. The third-order valence-corrected chi connectivity index (χ3v) is 8.73. The minimum Gasteiger partial charge on any atom is -0.354 e. The zero-order valence-corrected chi connectivity index (χ0v) is 24.7. The van der Waals surface area contributed by atoms with Gasteiger partial charge in [0.1, 0.15) is 0 Å². The van der Waals surface area contributed by atoms with Gasteiger partial charge in [0.15, 0.2) is 0 Å². The molecule has 0 saturated carbocycles. The number of allylic oxidation sites excluding steroid dienone is 2. The second kappa shape index (κ2) is 9.94. The van der Waals surface area contributed by atoms with Crippen LogP contribution in [0.25, 0.3) is 17.7 Å². The van der Waals surface area contributed by atoms with Crippen LogP contribution >= 0.6 is 0 Å². The molecule has 0 radical (unpaired) electrons. The number of hydrogen-bond donors (Lipinski definition) is 3. The normalized spacial score (nSPS) is 18.0. The van der Waals surface area contributed by atoms with Crippen molar-refractivity contribution in [2.75, 3.05) is 0 Å². The molecule has 0 aliphatic carbocycles. The first-order valence-electron chi connectivity index (χ1n) is 13.6. The number of nitrogens with one attached hydrogen (secondary N) is 3. The lowest BCUT2D eigenvalue weighted by molar-refractivity contribution is -0.116. The average molecular weight is 533 g/mol. The standard InChI is InChI=1S/C34H36N4O2/c1-16-12-10-11-13-25(16)30(31-21(6)17(2)26(35-31)14-28-19(4)23(8)33(39)37-28)32-22(7)18(3)27(36-32)15-29-20(5)24(9)34(40)38-29/h10-15,35-36H,1-9H3,(H,37,39)/b27-15-,28-14-,32-30+. The van der Waals surface area contributed by atoms with Crippen molar-refractivity contribution in [3.8, 4) is 0 Å². The minimum absolute atomic E-state index is 0.0489. The predicted octanol–water partition coefficient (Wildman–Crippen LogP) is 5.04. The highest BCUT2D eigenvalue weighted by Crippen LogP contribution is 2.31.